The van der Waals surface area contributed by atoms with Crippen molar-refractivity contribution in [1.29, 1.82) is 0 Å². The number of fused-ring (bicyclic) bond motifs is 1. The van der Waals surface area contributed by atoms with Gasteiger partial charge >= 0.3 is 5.97 Å². The lowest BCUT2D eigenvalue weighted by molar-refractivity contribution is -0.147. The lowest BCUT2D eigenvalue weighted by atomic mass is 10.1. The van der Waals surface area contributed by atoms with E-state index in [2.05, 4.69) is 10.6 Å². The second kappa shape index (κ2) is 9.89. The number of carbonyl (C=O) groups is 3. The summed E-state index contributed by atoms with van der Waals surface area (Å²) in [4.78, 5) is 36.4. The molecule has 0 unspecified atom stereocenters. The normalized spacial score (nSPS) is 15.0. The van der Waals surface area contributed by atoms with E-state index in [0.29, 0.717) is 9.90 Å². The third kappa shape index (κ3) is 5.45. The minimum Gasteiger partial charge on any atom is -0.454 e. The highest BCUT2D eigenvalue weighted by atomic mass is 35.5. The first-order valence-electron chi connectivity index (χ1n) is 9.45. The zero-order valence-electron chi connectivity index (χ0n) is 15.5. The van der Waals surface area contributed by atoms with Crippen molar-refractivity contribution in [2.24, 2.45) is 0 Å². The molecule has 150 valence electrons. The van der Waals surface area contributed by atoms with Crippen molar-refractivity contribution in [1.82, 2.24) is 10.6 Å². The molecule has 8 heteroatoms. The number of nitrogens with one attached hydrogen (secondary N) is 2. The second-order valence-corrected chi connectivity index (χ2v) is 8.27. The second-order valence-electron chi connectivity index (χ2n) is 6.84. The van der Waals surface area contributed by atoms with E-state index in [-0.39, 0.29) is 25.1 Å². The molecule has 3 rings (SSSR count). The molecule has 0 aliphatic heterocycles. The topological polar surface area (TPSA) is 84.5 Å². The van der Waals surface area contributed by atoms with Gasteiger partial charge in [0, 0.05) is 16.1 Å². The van der Waals surface area contributed by atoms with Crippen molar-refractivity contribution in [3.05, 3.63) is 34.2 Å². The molecular weight excluding hydrogens is 400 g/mol. The van der Waals surface area contributed by atoms with Crippen LogP contribution < -0.4 is 10.6 Å². The Bertz CT molecular complexity index is 859. The monoisotopic (exact) mass is 422 g/mol. The van der Waals surface area contributed by atoms with Crippen molar-refractivity contribution in [3.63, 3.8) is 0 Å². The Balaban J connectivity index is 1.42. The summed E-state index contributed by atoms with van der Waals surface area (Å²) in [5.41, 5.74) is 0. The molecule has 1 aromatic carbocycles. The smallest absolute Gasteiger partial charge is 0.325 e. The number of esters is 1. The van der Waals surface area contributed by atoms with Crippen molar-refractivity contribution in [3.8, 4) is 0 Å². The van der Waals surface area contributed by atoms with Crippen LogP contribution in [0.5, 0.6) is 0 Å². The van der Waals surface area contributed by atoms with Crippen LogP contribution >= 0.6 is 22.9 Å². The molecule has 0 bridgehead atoms. The van der Waals surface area contributed by atoms with Crippen LogP contribution in [0.15, 0.2) is 24.3 Å². The van der Waals surface area contributed by atoms with Crippen LogP contribution in [-0.4, -0.2) is 37.0 Å². The van der Waals surface area contributed by atoms with Gasteiger partial charge < -0.3 is 15.4 Å². The fourth-order valence-electron chi connectivity index (χ4n) is 3.28. The van der Waals surface area contributed by atoms with Crippen molar-refractivity contribution in [2.75, 3.05) is 13.2 Å². The summed E-state index contributed by atoms with van der Waals surface area (Å²) in [6, 6.07) is 7.59. The average Bonchev–Trinajstić information content (AvgIpc) is 2.85. The van der Waals surface area contributed by atoms with Crippen molar-refractivity contribution < 1.29 is 19.1 Å². The van der Waals surface area contributed by atoms with Gasteiger partial charge in [-0.25, -0.2) is 0 Å². The maximum atomic E-state index is 12.3. The summed E-state index contributed by atoms with van der Waals surface area (Å²) in [6.45, 7) is -0.658. The molecule has 1 saturated carbocycles. The van der Waals surface area contributed by atoms with Gasteiger partial charge in [-0.3, -0.25) is 14.4 Å². The van der Waals surface area contributed by atoms with Gasteiger partial charge in [-0.05, 0) is 18.9 Å². The molecule has 28 heavy (non-hydrogen) atoms. The van der Waals surface area contributed by atoms with E-state index in [9.17, 15) is 14.4 Å². The largest absolute Gasteiger partial charge is 0.454 e. The van der Waals surface area contributed by atoms with E-state index in [0.717, 1.165) is 35.8 Å². The van der Waals surface area contributed by atoms with E-state index in [4.69, 9.17) is 16.3 Å². The lowest BCUT2D eigenvalue weighted by Crippen LogP contribution is -2.38. The molecule has 1 heterocycles. The van der Waals surface area contributed by atoms with Gasteiger partial charge in [-0.15, -0.1) is 11.3 Å². The zero-order chi connectivity index (χ0) is 19.9. The highest BCUT2D eigenvalue weighted by Crippen LogP contribution is 2.34. The molecule has 1 aliphatic rings. The number of rotatable bonds is 6. The molecule has 1 fully saturated rings. The first-order valence-corrected chi connectivity index (χ1v) is 10.6. The minimum atomic E-state index is -0.665. The number of amides is 2. The number of thiophene rings is 1. The van der Waals surface area contributed by atoms with Gasteiger partial charge in [-0.1, -0.05) is 55.5 Å². The third-order valence-electron chi connectivity index (χ3n) is 4.72. The Hall–Kier alpha value is -2.12. The number of carbonyl (C=O) groups excluding carboxylic acids is 3. The number of hydrogen-bond donors (Lipinski definition) is 2. The highest BCUT2D eigenvalue weighted by Gasteiger charge is 2.19. The average molecular weight is 423 g/mol. The summed E-state index contributed by atoms with van der Waals surface area (Å²) in [5, 5.41) is 6.58. The Morgan fingerprint density at radius 3 is 2.54 bits per heavy atom. The molecule has 1 aromatic heterocycles. The summed E-state index contributed by atoms with van der Waals surface area (Å²) >= 11 is 7.52. The van der Waals surface area contributed by atoms with Gasteiger partial charge in [0.25, 0.3) is 11.8 Å². The molecule has 2 aromatic rings. The van der Waals surface area contributed by atoms with Gasteiger partial charge in [0.05, 0.1) is 5.02 Å². The predicted octanol–water partition coefficient (Wildman–Crippen LogP) is 3.67. The van der Waals surface area contributed by atoms with E-state index >= 15 is 0 Å². The first-order chi connectivity index (χ1) is 13.5. The van der Waals surface area contributed by atoms with E-state index in [1.165, 1.54) is 24.2 Å². The fraction of sp³-hybridized carbons (Fsp3) is 0.450. The molecule has 0 atom stereocenters. The molecule has 0 spiro atoms. The summed E-state index contributed by atoms with van der Waals surface area (Å²) in [7, 11) is 0. The fourth-order valence-corrected chi connectivity index (χ4v) is 4.72. The van der Waals surface area contributed by atoms with Crippen molar-refractivity contribution in [2.45, 2.75) is 44.6 Å². The van der Waals surface area contributed by atoms with Crippen molar-refractivity contribution >= 4 is 50.8 Å². The molecular formula is C20H23ClN2O4S. The van der Waals surface area contributed by atoms with E-state index < -0.39 is 11.9 Å². The van der Waals surface area contributed by atoms with Gasteiger partial charge in [0.2, 0.25) is 0 Å². The maximum Gasteiger partial charge on any atom is 0.325 e. The molecule has 2 amide bonds. The molecule has 0 saturated heterocycles. The Labute approximate surface area is 172 Å². The molecule has 6 nitrogen and oxygen atoms in total. The Kier molecular flexibility index (Phi) is 7.28. The molecule has 1 aliphatic carbocycles. The van der Waals surface area contributed by atoms with Gasteiger partial charge in [0.15, 0.2) is 6.61 Å². The first kappa shape index (κ1) is 20.6. The number of ether oxygens (including phenoxy) is 1. The van der Waals surface area contributed by atoms with Gasteiger partial charge in [0.1, 0.15) is 11.4 Å². The van der Waals surface area contributed by atoms with Crippen LogP contribution in [0.2, 0.25) is 5.02 Å². The van der Waals surface area contributed by atoms with Crippen LogP contribution in [0.3, 0.4) is 0 Å². The predicted molar refractivity (Wildman–Crippen MR) is 110 cm³/mol. The number of halogens is 1. The van der Waals surface area contributed by atoms with Crippen LogP contribution in [0.1, 0.15) is 48.2 Å². The SMILES string of the molecule is O=C(COC(=O)CNC(=O)c1sc2ccccc2c1Cl)NC1CCCCCC1. The Morgan fingerprint density at radius 1 is 1.11 bits per heavy atom. The minimum absolute atomic E-state index is 0.156. The zero-order valence-corrected chi connectivity index (χ0v) is 17.0. The van der Waals surface area contributed by atoms with Crippen LogP contribution in [-0.2, 0) is 14.3 Å². The van der Waals surface area contributed by atoms with Crippen LogP contribution in [0.25, 0.3) is 10.1 Å². The summed E-state index contributed by atoms with van der Waals surface area (Å²) in [5.74, 6) is -1.41. The maximum absolute atomic E-state index is 12.3. The summed E-state index contributed by atoms with van der Waals surface area (Å²) in [6.07, 6.45) is 6.54. The highest BCUT2D eigenvalue weighted by molar-refractivity contribution is 7.21. The van der Waals surface area contributed by atoms with Gasteiger partial charge in [-0.2, -0.15) is 0 Å². The quantitative estimate of drug-likeness (QED) is 0.549. The third-order valence-corrected chi connectivity index (χ3v) is 6.39. The lowest BCUT2D eigenvalue weighted by Gasteiger charge is -2.16. The number of hydrogen-bond acceptors (Lipinski definition) is 5. The Morgan fingerprint density at radius 2 is 1.82 bits per heavy atom. The van der Waals surface area contributed by atoms with E-state index in [1.54, 1.807) is 0 Å². The van der Waals surface area contributed by atoms with Crippen LogP contribution in [0.4, 0.5) is 0 Å². The van der Waals surface area contributed by atoms with Crippen LogP contribution in [0, 0.1) is 0 Å². The summed E-state index contributed by atoms with van der Waals surface area (Å²) < 4.78 is 5.86. The molecule has 0 radical (unpaired) electrons. The standard InChI is InChI=1S/C20H23ClN2O4S/c21-18-14-9-5-6-10-15(14)28-19(18)20(26)22-11-17(25)27-12-16(24)23-13-7-3-1-2-4-8-13/h5-6,9-10,13H,1-4,7-8,11-12H2,(H,22,26)(H,23,24). The molecule has 2 N–H and O–H groups in total. The number of benzene rings is 1. The van der Waals surface area contributed by atoms with E-state index in [1.807, 2.05) is 24.3 Å².